The third-order valence-electron chi connectivity index (χ3n) is 9.44. The Hall–Kier alpha value is 0.100. The van der Waals surface area contributed by atoms with Crippen LogP contribution in [0.3, 0.4) is 0 Å². The lowest BCUT2D eigenvalue weighted by Crippen LogP contribution is -2.59. The predicted octanol–water partition coefficient (Wildman–Crippen LogP) is 6.08. The van der Waals surface area contributed by atoms with E-state index in [0.717, 1.165) is 35.5 Å². The minimum Gasteiger partial charge on any atom is -0.275 e. The molecule has 1 nitrogen and oxygen atoms in total. The molecule has 0 atom stereocenters. The lowest BCUT2D eigenvalue weighted by molar-refractivity contribution is -0.120. The molecule has 0 radical (unpaired) electrons. The topological polar surface area (TPSA) is 17.1 Å². The Balaban J connectivity index is 1.39. The fraction of sp³-hybridized carbons (Fsp3) is 1.00. The first kappa shape index (κ1) is 14.3. The molecule has 0 aromatic rings. The monoisotopic (exact) mass is 330 g/mol. The van der Waals surface area contributed by atoms with Crippen molar-refractivity contribution in [3.63, 3.8) is 0 Å². The van der Waals surface area contributed by atoms with Crippen molar-refractivity contribution in [3.8, 4) is 0 Å². The first-order valence-corrected chi connectivity index (χ1v) is 11.4. The molecule has 0 aromatic carbocycles. The molecule has 0 spiro atoms. The molecule has 0 aromatic heterocycles. The van der Waals surface area contributed by atoms with Crippen molar-refractivity contribution in [2.24, 2.45) is 46.3 Å². The van der Waals surface area contributed by atoms with Gasteiger partial charge in [0.2, 0.25) is 0 Å². The summed E-state index contributed by atoms with van der Waals surface area (Å²) in [6.07, 6.45) is 17.8. The molecule has 0 heterocycles. The van der Waals surface area contributed by atoms with Gasteiger partial charge in [-0.1, -0.05) is 0 Å². The van der Waals surface area contributed by atoms with Gasteiger partial charge in [0.15, 0.2) is 8.46 Å². The lowest BCUT2D eigenvalue weighted by Gasteiger charge is -2.65. The summed E-state index contributed by atoms with van der Waals surface area (Å²) in [4.78, 5) is 0. The van der Waals surface area contributed by atoms with E-state index >= 15 is 0 Å². The van der Waals surface area contributed by atoms with E-state index in [4.69, 9.17) is 0 Å². The zero-order valence-corrected chi connectivity index (χ0v) is 15.3. The van der Waals surface area contributed by atoms with Gasteiger partial charge in [0.25, 0.3) is 0 Å². The molecule has 8 fully saturated rings. The second kappa shape index (κ2) is 4.63. The van der Waals surface area contributed by atoms with Gasteiger partial charge < -0.3 is 0 Å². The van der Waals surface area contributed by atoms with Crippen molar-refractivity contribution in [2.75, 3.05) is 0 Å². The Morgan fingerprint density at radius 3 is 1.04 bits per heavy atom. The van der Waals surface area contributed by atoms with Crippen molar-refractivity contribution in [3.05, 3.63) is 0 Å². The normalized spacial score (nSPS) is 60.5. The highest BCUT2D eigenvalue weighted by molar-refractivity contribution is 7.24. The van der Waals surface area contributed by atoms with Crippen LogP contribution in [0.2, 0.25) is 0 Å². The summed E-state index contributed by atoms with van der Waals surface area (Å²) < 4.78 is 12.6. The van der Waals surface area contributed by atoms with Crippen molar-refractivity contribution in [1.82, 2.24) is 0 Å². The van der Waals surface area contributed by atoms with Gasteiger partial charge in [-0.05, 0) is 123 Å². The molecule has 2 heteroatoms. The van der Waals surface area contributed by atoms with Crippen LogP contribution in [-0.4, -0.2) is 5.66 Å². The number of hydrogen-bond donors (Lipinski definition) is 0. The summed E-state index contributed by atoms with van der Waals surface area (Å²) in [5, 5.41) is 0. The van der Waals surface area contributed by atoms with Crippen LogP contribution in [0.4, 0.5) is 0 Å². The lowest BCUT2D eigenvalue weighted by atomic mass is 9.41. The molecule has 126 valence electrons. The van der Waals surface area contributed by atoms with E-state index in [2.05, 4.69) is 0 Å². The summed E-state index contributed by atoms with van der Waals surface area (Å²) in [5.74, 6) is 6.00. The SMILES string of the molecule is O=PC(C12CC3CC(CC(C3)C1)C2)C12CC3CC(CC(C3)C1)C2. The summed E-state index contributed by atoms with van der Waals surface area (Å²) in [5.41, 5.74) is 1.50. The molecule has 23 heavy (non-hydrogen) atoms. The number of rotatable bonds is 3. The first-order chi connectivity index (χ1) is 11.2. The Morgan fingerprint density at radius 2 is 0.826 bits per heavy atom. The fourth-order valence-electron chi connectivity index (χ4n) is 9.90. The highest BCUT2D eigenvalue weighted by Crippen LogP contribution is 2.71. The van der Waals surface area contributed by atoms with Crippen molar-refractivity contribution >= 4 is 8.46 Å². The second-order valence-electron chi connectivity index (χ2n) is 11.1. The Morgan fingerprint density at radius 1 is 0.565 bits per heavy atom. The Labute approximate surface area is 142 Å². The van der Waals surface area contributed by atoms with Gasteiger partial charge in [0, 0.05) is 0 Å². The van der Waals surface area contributed by atoms with Crippen molar-refractivity contribution < 1.29 is 4.57 Å². The van der Waals surface area contributed by atoms with Crippen LogP contribution in [0.25, 0.3) is 0 Å². The highest BCUT2D eigenvalue weighted by Gasteiger charge is 2.63. The molecule has 0 aliphatic heterocycles. The average molecular weight is 330 g/mol. The molecule has 0 saturated heterocycles. The summed E-state index contributed by atoms with van der Waals surface area (Å²) in [6, 6.07) is 0. The quantitative estimate of drug-likeness (QED) is 0.573. The third-order valence-corrected chi connectivity index (χ3v) is 10.7. The zero-order valence-electron chi connectivity index (χ0n) is 14.4. The van der Waals surface area contributed by atoms with E-state index < -0.39 is 0 Å². The van der Waals surface area contributed by atoms with Crippen molar-refractivity contribution in [1.29, 1.82) is 0 Å². The largest absolute Gasteiger partial charge is 0.275 e. The minimum atomic E-state index is 0.490. The molecule has 0 amide bonds. The summed E-state index contributed by atoms with van der Waals surface area (Å²) in [6.45, 7) is 0. The molecule has 0 unspecified atom stereocenters. The molecule has 8 rings (SSSR count). The summed E-state index contributed by atoms with van der Waals surface area (Å²) in [7, 11) is 0.540. The maximum absolute atomic E-state index is 12.6. The molecular formula is C21H31OP. The van der Waals surface area contributed by atoms with Crippen LogP contribution < -0.4 is 0 Å². The molecule has 8 bridgehead atoms. The summed E-state index contributed by atoms with van der Waals surface area (Å²) >= 11 is 0. The van der Waals surface area contributed by atoms with Crippen LogP contribution in [0.5, 0.6) is 0 Å². The molecule has 8 aliphatic rings. The maximum Gasteiger partial charge on any atom is 0.159 e. The number of hydrogen-bond acceptors (Lipinski definition) is 1. The molecule has 8 aliphatic carbocycles. The van der Waals surface area contributed by atoms with E-state index in [1.807, 2.05) is 0 Å². The highest BCUT2D eigenvalue weighted by atomic mass is 31.1. The van der Waals surface area contributed by atoms with E-state index in [-0.39, 0.29) is 0 Å². The van der Waals surface area contributed by atoms with Crippen LogP contribution in [-0.2, 0) is 4.57 Å². The van der Waals surface area contributed by atoms with E-state index in [9.17, 15) is 4.57 Å². The fourth-order valence-corrected chi connectivity index (χ4v) is 11.0. The van der Waals surface area contributed by atoms with Gasteiger partial charge in [0.05, 0.1) is 5.66 Å². The van der Waals surface area contributed by atoms with Gasteiger partial charge in [0.1, 0.15) is 0 Å². The second-order valence-corrected chi connectivity index (χ2v) is 11.8. The molecule has 0 N–H and O–H groups in total. The molecular weight excluding hydrogens is 299 g/mol. The van der Waals surface area contributed by atoms with Gasteiger partial charge in [-0.25, -0.2) is 0 Å². The van der Waals surface area contributed by atoms with Crippen molar-refractivity contribution in [2.45, 2.75) is 82.7 Å². The predicted molar refractivity (Wildman–Crippen MR) is 92.6 cm³/mol. The van der Waals surface area contributed by atoms with Crippen LogP contribution in [0.15, 0.2) is 0 Å². The van der Waals surface area contributed by atoms with E-state index in [1.165, 1.54) is 77.0 Å². The Bertz CT molecular complexity index is 423. The zero-order chi connectivity index (χ0) is 15.2. The smallest absolute Gasteiger partial charge is 0.159 e. The van der Waals surface area contributed by atoms with Crippen LogP contribution in [0, 0.1) is 46.3 Å². The minimum absolute atomic E-state index is 0.490. The molecule has 8 saturated carbocycles. The van der Waals surface area contributed by atoms with E-state index in [1.54, 1.807) is 0 Å². The first-order valence-electron chi connectivity index (χ1n) is 10.5. The van der Waals surface area contributed by atoms with Gasteiger partial charge >= 0.3 is 0 Å². The van der Waals surface area contributed by atoms with Crippen LogP contribution >= 0.6 is 8.46 Å². The third kappa shape index (κ3) is 1.93. The van der Waals surface area contributed by atoms with Gasteiger partial charge in [-0.2, -0.15) is 0 Å². The standard InChI is InChI=1S/C21H31OP/c22-23-19(20-7-13-1-14(8-20)3-15(2-13)9-20)21-10-16-4-17(11-21)6-18(5-16)12-21/h13-19H,1-12H2. The maximum atomic E-state index is 12.6. The average Bonchev–Trinajstić information content (AvgIpc) is 2.43. The van der Waals surface area contributed by atoms with E-state index in [0.29, 0.717) is 24.9 Å². The van der Waals surface area contributed by atoms with Crippen LogP contribution in [0.1, 0.15) is 77.0 Å². The van der Waals surface area contributed by atoms with Gasteiger partial charge in [-0.3, -0.25) is 4.57 Å². The Kier molecular flexibility index (Phi) is 2.88. The van der Waals surface area contributed by atoms with Gasteiger partial charge in [-0.15, -0.1) is 0 Å².